The summed E-state index contributed by atoms with van der Waals surface area (Å²) < 4.78 is 0. The van der Waals surface area contributed by atoms with Crippen LogP contribution in [0.2, 0.25) is 0 Å². The van der Waals surface area contributed by atoms with E-state index in [1.54, 1.807) is 13.0 Å². The molecule has 1 amide bonds. The van der Waals surface area contributed by atoms with Crippen LogP contribution in [0.5, 0.6) is 5.75 Å². The SMILES string of the molecule is Cc1cc(C)c(O)c(C(=O)NCCCN2CCC(O)CC2)c1. The second kappa shape index (κ2) is 7.61. The second-order valence-electron chi connectivity index (χ2n) is 6.16. The van der Waals surface area contributed by atoms with Crippen LogP contribution in [0.1, 0.15) is 40.7 Å². The number of aryl methyl sites for hydroxylation is 2. The number of carbonyl (C=O) groups is 1. The number of aromatic hydroxyl groups is 1. The number of carbonyl (C=O) groups excluding carboxylic acids is 1. The van der Waals surface area contributed by atoms with Crippen molar-refractivity contribution in [3.63, 3.8) is 0 Å². The number of phenolic OH excluding ortho intramolecular Hbond substituents is 1. The van der Waals surface area contributed by atoms with E-state index in [4.69, 9.17) is 0 Å². The van der Waals surface area contributed by atoms with Crippen LogP contribution in [0.3, 0.4) is 0 Å². The lowest BCUT2D eigenvalue weighted by atomic mass is 10.0. The first-order valence-electron chi connectivity index (χ1n) is 7.96. The van der Waals surface area contributed by atoms with Crippen molar-refractivity contribution in [1.29, 1.82) is 0 Å². The fraction of sp³-hybridized carbons (Fsp3) is 0.588. The minimum absolute atomic E-state index is 0.0631. The van der Waals surface area contributed by atoms with Gasteiger partial charge in [-0.2, -0.15) is 0 Å². The summed E-state index contributed by atoms with van der Waals surface area (Å²) in [6.07, 6.45) is 2.39. The summed E-state index contributed by atoms with van der Waals surface area (Å²) in [7, 11) is 0. The van der Waals surface area contributed by atoms with Crippen molar-refractivity contribution in [2.24, 2.45) is 0 Å². The third-order valence-corrected chi connectivity index (χ3v) is 4.18. The standard InChI is InChI=1S/C17H26N2O3/c1-12-10-13(2)16(21)15(11-12)17(22)18-6-3-7-19-8-4-14(20)5-9-19/h10-11,14,20-21H,3-9H2,1-2H3,(H,18,22). The van der Waals surface area contributed by atoms with Crippen molar-refractivity contribution in [1.82, 2.24) is 10.2 Å². The summed E-state index contributed by atoms with van der Waals surface area (Å²) in [4.78, 5) is 14.5. The van der Waals surface area contributed by atoms with E-state index >= 15 is 0 Å². The van der Waals surface area contributed by atoms with Crippen LogP contribution < -0.4 is 5.32 Å². The van der Waals surface area contributed by atoms with Crippen LogP contribution >= 0.6 is 0 Å². The molecule has 0 radical (unpaired) electrons. The van der Waals surface area contributed by atoms with Gasteiger partial charge < -0.3 is 20.4 Å². The average Bonchev–Trinajstić information content (AvgIpc) is 2.49. The molecule has 5 nitrogen and oxygen atoms in total. The molecule has 3 N–H and O–H groups in total. The zero-order chi connectivity index (χ0) is 16.1. The maximum atomic E-state index is 12.1. The number of rotatable bonds is 5. The number of hydrogen-bond donors (Lipinski definition) is 3. The van der Waals surface area contributed by atoms with Gasteiger partial charge in [-0.3, -0.25) is 4.79 Å². The molecule has 1 aromatic rings. The molecular weight excluding hydrogens is 280 g/mol. The molecule has 1 heterocycles. The van der Waals surface area contributed by atoms with Gasteiger partial charge in [-0.15, -0.1) is 0 Å². The fourth-order valence-corrected chi connectivity index (χ4v) is 2.88. The van der Waals surface area contributed by atoms with Crippen molar-refractivity contribution in [3.8, 4) is 5.75 Å². The summed E-state index contributed by atoms with van der Waals surface area (Å²) in [5.74, 6) is -0.161. The molecule has 1 saturated heterocycles. The zero-order valence-electron chi connectivity index (χ0n) is 13.4. The van der Waals surface area contributed by atoms with Gasteiger partial charge >= 0.3 is 0 Å². The summed E-state index contributed by atoms with van der Waals surface area (Å²) in [5, 5.41) is 22.3. The molecule has 0 saturated carbocycles. The van der Waals surface area contributed by atoms with Gasteiger partial charge in [0.05, 0.1) is 11.7 Å². The van der Waals surface area contributed by atoms with Gasteiger partial charge in [-0.1, -0.05) is 6.07 Å². The number of aliphatic hydroxyl groups is 1. The molecular formula is C17H26N2O3. The van der Waals surface area contributed by atoms with E-state index in [0.29, 0.717) is 12.1 Å². The second-order valence-corrected chi connectivity index (χ2v) is 6.16. The lowest BCUT2D eigenvalue weighted by molar-refractivity contribution is 0.0816. The van der Waals surface area contributed by atoms with E-state index in [1.807, 2.05) is 13.0 Å². The number of hydrogen-bond acceptors (Lipinski definition) is 4. The van der Waals surface area contributed by atoms with Gasteiger partial charge in [-0.25, -0.2) is 0 Å². The smallest absolute Gasteiger partial charge is 0.255 e. The molecule has 1 aliphatic rings. The monoisotopic (exact) mass is 306 g/mol. The highest BCUT2D eigenvalue weighted by Gasteiger charge is 2.17. The average molecular weight is 306 g/mol. The minimum atomic E-state index is -0.224. The molecule has 0 spiro atoms. The molecule has 1 aliphatic heterocycles. The highest BCUT2D eigenvalue weighted by atomic mass is 16.3. The van der Waals surface area contributed by atoms with E-state index in [0.717, 1.165) is 50.0 Å². The summed E-state index contributed by atoms with van der Waals surface area (Å²) in [5.41, 5.74) is 2.03. The third-order valence-electron chi connectivity index (χ3n) is 4.18. The summed E-state index contributed by atoms with van der Waals surface area (Å²) in [6.45, 7) is 7.06. The van der Waals surface area contributed by atoms with E-state index in [2.05, 4.69) is 10.2 Å². The molecule has 2 rings (SSSR count). The number of likely N-dealkylation sites (tertiary alicyclic amines) is 1. The van der Waals surface area contributed by atoms with Gasteiger partial charge in [0.25, 0.3) is 5.91 Å². The normalized spacial score (nSPS) is 16.7. The Morgan fingerprint density at radius 1 is 1.32 bits per heavy atom. The molecule has 0 atom stereocenters. The van der Waals surface area contributed by atoms with Crippen molar-refractivity contribution in [2.75, 3.05) is 26.2 Å². The van der Waals surface area contributed by atoms with Gasteiger partial charge in [0.1, 0.15) is 5.75 Å². The molecule has 0 aliphatic carbocycles. The van der Waals surface area contributed by atoms with E-state index in [1.165, 1.54) is 0 Å². The summed E-state index contributed by atoms with van der Waals surface area (Å²) in [6, 6.07) is 3.57. The lowest BCUT2D eigenvalue weighted by Crippen LogP contribution is -2.37. The van der Waals surface area contributed by atoms with E-state index in [-0.39, 0.29) is 17.8 Å². The number of nitrogens with one attached hydrogen (secondary N) is 1. The predicted octanol–water partition coefficient (Wildman–Crippen LogP) is 1.59. The molecule has 0 aromatic heterocycles. The molecule has 1 aromatic carbocycles. The fourth-order valence-electron chi connectivity index (χ4n) is 2.88. The van der Waals surface area contributed by atoms with Crippen molar-refractivity contribution in [3.05, 3.63) is 28.8 Å². The molecule has 1 fully saturated rings. The Hall–Kier alpha value is -1.59. The maximum absolute atomic E-state index is 12.1. The van der Waals surface area contributed by atoms with Crippen LogP contribution in [0.15, 0.2) is 12.1 Å². The minimum Gasteiger partial charge on any atom is -0.507 e. The first-order valence-corrected chi connectivity index (χ1v) is 7.96. The van der Waals surface area contributed by atoms with Crippen molar-refractivity contribution >= 4 is 5.91 Å². The Morgan fingerprint density at radius 2 is 2.00 bits per heavy atom. The number of aliphatic hydroxyl groups excluding tert-OH is 1. The van der Waals surface area contributed by atoms with E-state index in [9.17, 15) is 15.0 Å². The lowest BCUT2D eigenvalue weighted by Gasteiger charge is -2.29. The predicted molar refractivity (Wildman–Crippen MR) is 86.2 cm³/mol. The van der Waals surface area contributed by atoms with Crippen molar-refractivity contribution in [2.45, 2.75) is 39.2 Å². The van der Waals surface area contributed by atoms with Crippen LogP contribution in [-0.4, -0.2) is 53.3 Å². The molecule has 122 valence electrons. The highest BCUT2D eigenvalue weighted by molar-refractivity contribution is 5.97. The Morgan fingerprint density at radius 3 is 2.68 bits per heavy atom. The largest absolute Gasteiger partial charge is 0.507 e. The number of phenols is 1. The van der Waals surface area contributed by atoms with Crippen LogP contribution in [0.4, 0.5) is 0 Å². The highest BCUT2D eigenvalue weighted by Crippen LogP contribution is 2.23. The number of amides is 1. The van der Waals surface area contributed by atoms with Crippen molar-refractivity contribution < 1.29 is 15.0 Å². The Kier molecular flexibility index (Phi) is 5.80. The van der Waals surface area contributed by atoms with Crippen LogP contribution in [-0.2, 0) is 0 Å². The van der Waals surface area contributed by atoms with Gasteiger partial charge in [0.15, 0.2) is 0 Å². The number of piperidine rings is 1. The molecule has 0 unspecified atom stereocenters. The van der Waals surface area contributed by atoms with Crippen LogP contribution in [0, 0.1) is 13.8 Å². The Balaban J connectivity index is 1.76. The number of nitrogens with zero attached hydrogens (tertiary/aromatic N) is 1. The molecule has 22 heavy (non-hydrogen) atoms. The first-order chi connectivity index (χ1) is 10.5. The summed E-state index contributed by atoms with van der Waals surface area (Å²) >= 11 is 0. The van der Waals surface area contributed by atoms with Crippen LogP contribution in [0.25, 0.3) is 0 Å². The van der Waals surface area contributed by atoms with Gasteiger partial charge in [0, 0.05) is 19.6 Å². The topological polar surface area (TPSA) is 72.8 Å². The molecule has 5 heteroatoms. The van der Waals surface area contributed by atoms with E-state index < -0.39 is 0 Å². The quantitative estimate of drug-likeness (QED) is 0.722. The van der Waals surface area contributed by atoms with Gasteiger partial charge in [0.2, 0.25) is 0 Å². The molecule has 0 bridgehead atoms. The Labute approximate surface area is 131 Å². The third kappa shape index (κ3) is 4.45. The number of benzene rings is 1. The van der Waals surface area contributed by atoms with Gasteiger partial charge in [-0.05, 0) is 56.8 Å². The zero-order valence-corrected chi connectivity index (χ0v) is 13.4. The first kappa shape index (κ1) is 16.8. The maximum Gasteiger partial charge on any atom is 0.255 e. The Bertz CT molecular complexity index is 523.